The summed E-state index contributed by atoms with van der Waals surface area (Å²) in [5.41, 5.74) is 0.205. The van der Waals surface area contributed by atoms with E-state index in [0.717, 1.165) is 4.68 Å². The zero-order valence-electron chi connectivity index (χ0n) is 8.69. The van der Waals surface area contributed by atoms with Crippen LogP contribution >= 0.6 is 0 Å². The fourth-order valence-electron chi connectivity index (χ4n) is 1.06. The summed E-state index contributed by atoms with van der Waals surface area (Å²) in [5.74, 6) is -0.696. The molecule has 88 valence electrons. The smallest absolute Gasteiger partial charge is 0.361 e. The van der Waals surface area contributed by atoms with Crippen LogP contribution in [0.25, 0.3) is 0 Å². The summed E-state index contributed by atoms with van der Waals surface area (Å²) in [4.78, 5) is 11.4. The standard InChI is InChI=1S/C9H11F2N3O2/c1-3-4-16-9(15)8-6(2)14(13-12-8)5-7(10)11/h3,7H,1,4-5H2,2H3. The molecule has 0 aliphatic heterocycles. The predicted octanol–water partition coefficient (Wildman–Crippen LogP) is 1.19. The third-order valence-corrected chi connectivity index (χ3v) is 1.82. The van der Waals surface area contributed by atoms with Gasteiger partial charge in [0.2, 0.25) is 0 Å². The van der Waals surface area contributed by atoms with E-state index >= 15 is 0 Å². The van der Waals surface area contributed by atoms with Crippen LogP contribution in [-0.4, -0.2) is 34.0 Å². The summed E-state index contributed by atoms with van der Waals surface area (Å²) >= 11 is 0. The molecule has 0 saturated heterocycles. The van der Waals surface area contributed by atoms with E-state index in [9.17, 15) is 13.6 Å². The van der Waals surface area contributed by atoms with Crippen molar-refractivity contribution in [3.8, 4) is 0 Å². The summed E-state index contributed by atoms with van der Waals surface area (Å²) in [5, 5.41) is 6.94. The van der Waals surface area contributed by atoms with Crippen LogP contribution in [0.5, 0.6) is 0 Å². The minimum atomic E-state index is -2.54. The number of esters is 1. The molecule has 0 aliphatic carbocycles. The number of rotatable bonds is 5. The summed E-state index contributed by atoms with van der Waals surface area (Å²) in [6.07, 6.45) is -1.14. The minimum absolute atomic E-state index is 0.0416. The molecule has 5 nitrogen and oxygen atoms in total. The average Bonchev–Trinajstić information content (AvgIpc) is 2.56. The van der Waals surface area contributed by atoms with Gasteiger partial charge >= 0.3 is 5.97 Å². The molecule has 0 N–H and O–H groups in total. The molecule has 0 spiro atoms. The third-order valence-electron chi connectivity index (χ3n) is 1.82. The molecule has 16 heavy (non-hydrogen) atoms. The number of aromatic nitrogens is 3. The molecule has 1 aromatic rings. The van der Waals surface area contributed by atoms with E-state index in [1.165, 1.54) is 13.0 Å². The number of hydrogen-bond acceptors (Lipinski definition) is 4. The van der Waals surface area contributed by atoms with Crippen molar-refractivity contribution in [3.63, 3.8) is 0 Å². The average molecular weight is 231 g/mol. The zero-order valence-corrected chi connectivity index (χ0v) is 8.69. The number of nitrogens with zero attached hydrogens (tertiary/aromatic N) is 3. The van der Waals surface area contributed by atoms with Crippen molar-refractivity contribution in [2.24, 2.45) is 0 Å². The van der Waals surface area contributed by atoms with Gasteiger partial charge in [0.15, 0.2) is 5.69 Å². The molecule has 7 heteroatoms. The first-order valence-electron chi connectivity index (χ1n) is 4.52. The van der Waals surface area contributed by atoms with Gasteiger partial charge in [0.05, 0.1) is 5.69 Å². The van der Waals surface area contributed by atoms with Crippen LogP contribution in [0.15, 0.2) is 12.7 Å². The van der Waals surface area contributed by atoms with Gasteiger partial charge < -0.3 is 4.74 Å². The summed E-state index contributed by atoms with van der Waals surface area (Å²) < 4.78 is 29.9. The monoisotopic (exact) mass is 231 g/mol. The Morgan fingerprint density at radius 1 is 1.69 bits per heavy atom. The van der Waals surface area contributed by atoms with E-state index in [0.29, 0.717) is 0 Å². The van der Waals surface area contributed by atoms with Crippen molar-refractivity contribution >= 4 is 5.97 Å². The first kappa shape index (κ1) is 12.3. The quantitative estimate of drug-likeness (QED) is 0.564. The fourth-order valence-corrected chi connectivity index (χ4v) is 1.06. The van der Waals surface area contributed by atoms with E-state index in [2.05, 4.69) is 16.9 Å². The maximum atomic E-state index is 12.1. The Kier molecular flexibility index (Phi) is 4.10. The van der Waals surface area contributed by atoms with Gasteiger partial charge in [0.25, 0.3) is 6.43 Å². The van der Waals surface area contributed by atoms with Crippen molar-refractivity contribution in [1.82, 2.24) is 15.0 Å². The van der Waals surface area contributed by atoms with E-state index in [1.54, 1.807) is 0 Å². The summed E-state index contributed by atoms with van der Waals surface area (Å²) in [6, 6.07) is 0. The molecular weight excluding hydrogens is 220 g/mol. The number of halogens is 2. The molecule has 0 fully saturated rings. The van der Waals surface area contributed by atoms with Crippen molar-refractivity contribution in [3.05, 3.63) is 24.0 Å². The SMILES string of the molecule is C=CCOC(=O)c1nnn(CC(F)F)c1C. The van der Waals surface area contributed by atoms with E-state index in [4.69, 9.17) is 4.74 Å². The maximum Gasteiger partial charge on any atom is 0.361 e. The minimum Gasteiger partial charge on any atom is -0.457 e. The van der Waals surface area contributed by atoms with Gasteiger partial charge in [-0.3, -0.25) is 0 Å². The topological polar surface area (TPSA) is 57.0 Å². The van der Waals surface area contributed by atoms with Crippen LogP contribution in [0.3, 0.4) is 0 Å². The van der Waals surface area contributed by atoms with Gasteiger partial charge in [-0.1, -0.05) is 17.9 Å². The zero-order chi connectivity index (χ0) is 12.1. The second-order valence-electron chi connectivity index (χ2n) is 2.98. The van der Waals surface area contributed by atoms with Crippen molar-refractivity contribution in [2.45, 2.75) is 19.9 Å². The number of alkyl halides is 2. The van der Waals surface area contributed by atoms with Gasteiger partial charge in [-0.25, -0.2) is 18.3 Å². The Balaban J connectivity index is 2.78. The normalized spacial score (nSPS) is 10.5. The maximum absolute atomic E-state index is 12.1. The highest BCUT2D eigenvalue weighted by molar-refractivity contribution is 5.88. The Hall–Kier alpha value is -1.79. The number of hydrogen-bond donors (Lipinski definition) is 0. The highest BCUT2D eigenvalue weighted by Crippen LogP contribution is 2.07. The van der Waals surface area contributed by atoms with Crippen molar-refractivity contribution in [2.75, 3.05) is 6.61 Å². The highest BCUT2D eigenvalue weighted by atomic mass is 19.3. The van der Waals surface area contributed by atoms with E-state index < -0.39 is 18.9 Å². The Morgan fingerprint density at radius 2 is 2.38 bits per heavy atom. The second-order valence-corrected chi connectivity index (χ2v) is 2.98. The lowest BCUT2D eigenvalue weighted by molar-refractivity contribution is 0.0541. The first-order valence-corrected chi connectivity index (χ1v) is 4.52. The highest BCUT2D eigenvalue weighted by Gasteiger charge is 2.19. The van der Waals surface area contributed by atoms with Crippen LogP contribution in [0.4, 0.5) is 8.78 Å². The molecule has 0 atom stereocenters. The lowest BCUT2D eigenvalue weighted by atomic mass is 10.3. The molecule has 1 aromatic heterocycles. The Bertz CT molecular complexity index is 390. The van der Waals surface area contributed by atoms with E-state index in [1.807, 2.05) is 0 Å². The lowest BCUT2D eigenvalue weighted by Crippen LogP contribution is -2.11. The molecule has 0 aliphatic rings. The second kappa shape index (κ2) is 5.34. The Labute approximate surface area is 90.7 Å². The van der Waals surface area contributed by atoms with Crippen LogP contribution in [0, 0.1) is 6.92 Å². The molecule has 0 aromatic carbocycles. The molecule has 0 unspecified atom stereocenters. The van der Waals surface area contributed by atoms with Crippen LogP contribution in [-0.2, 0) is 11.3 Å². The van der Waals surface area contributed by atoms with Gasteiger partial charge in [-0.2, -0.15) is 0 Å². The summed E-state index contributed by atoms with van der Waals surface area (Å²) in [6.45, 7) is 4.31. The number of ether oxygens (including phenoxy) is 1. The van der Waals surface area contributed by atoms with Gasteiger partial charge in [0, 0.05) is 0 Å². The number of carbonyl (C=O) groups excluding carboxylic acids is 1. The predicted molar refractivity (Wildman–Crippen MR) is 51.2 cm³/mol. The number of carbonyl (C=O) groups is 1. The van der Waals surface area contributed by atoms with Gasteiger partial charge in [-0.15, -0.1) is 5.10 Å². The van der Waals surface area contributed by atoms with Gasteiger partial charge in [0.1, 0.15) is 13.2 Å². The fraction of sp³-hybridized carbons (Fsp3) is 0.444. The van der Waals surface area contributed by atoms with E-state index in [-0.39, 0.29) is 18.0 Å². The molecule has 1 heterocycles. The largest absolute Gasteiger partial charge is 0.457 e. The molecule has 0 bridgehead atoms. The van der Waals surface area contributed by atoms with Crippen LogP contribution < -0.4 is 0 Å². The molecule has 0 amide bonds. The van der Waals surface area contributed by atoms with Crippen molar-refractivity contribution < 1.29 is 18.3 Å². The lowest BCUT2D eigenvalue weighted by Gasteiger charge is -2.02. The van der Waals surface area contributed by atoms with Gasteiger partial charge in [-0.05, 0) is 6.92 Å². The molecule has 0 radical (unpaired) electrons. The third kappa shape index (κ3) is 2.85. The van der Waals surface area contributed by atoms with Crippen molar-refractivity contribution in [1.29, 1.82) is 0 Å². The first-order chi connectivity index (χ1) is 7.56. The summed E-state index contributed by atoms with van der Waals surface area (Å²) in [7, 11) is 0. The van der Waals surface area contributed by atoms with Crippen LogP contribution in [0.1, 0.15) is 16.2 Å². The van der Waals surface area contributed by atoms with Crippen LogP contribution in [0.2, 0.25) is 0 Å². The molecule has 0 saturated carbocycles. The molecular formula is C9H11F2N3O2. The molecule has 1 rings (SSSR count). The Morgan fingerprint density at radius 3 is 2.94 bits per heavy atom.